The van der Waals surface area contributed by atoms with Crippen molar-refractivity contribution in [1.29, 1.82) is 0 Å². The molecule has 19 heteroatoms. The number of hydrogen-bond donors (Lipinski definition) is 3. The van der Waals surface area contributed by atoms with Crippen LogP contribution in [0.3, 0.4) is 0 Å². The lowest BCUT2D eigenvalue weighted by Crippen LogP contribution is -2.30. The van der Waals surface area contributed by atoms with Crippen LogP contribution in [0.5, 0.6) is 0 Å². The number of ether oxygens (including phenoxy) is 4. The smallest absolute Gasteiger partial charge is 0.462 e. The van der Waals surface area contributed by atoms with Gasteiger partial charge in [0.1, 0.15) is 19.3 Å². The fourth-order valence-electron chi connectivity index (χ4n) is 13.1. The summed E-state index contributed by atoms with van der Waals surface area (Å²) in [6.07, 6.45) is 62.8. The molecule has 0 aromatic carbocycles. The third kappa shape index (κ3) is 76.8. The summed E-state index contributed by atoms with van der Waals surface area (Å²) in [5, 5.41) is 10.6. The van der Waals surface area contributed by atoms with Crippen LogP contribution in [0.4, 0.5) is 0 Å². The Bertz CT molecular complexity index is 2030. The first-order chi connectivity index (χ1) is 50.1. The molecule has 618 valence electrons. The standard InChI is InChI=1S/C85H166O17P2/c1-9-78(8)64-56-48-40-31-27-23-19-15-11-13-17-21-25-29-33-43-51-59-67-84(89)101-80(71-95-82(87)65-57-49-41-32-28-24-20-16-12-10-14-18-22-26-30-37-45-53-61-75(2)3)73-99-103(91,92)97-69-79(86)70-98-104(93,94)100-74-81(102-85(90)68-60-52-44-36-39-47-55-63-77(6)7)72-96-83(88)66-58-50-42-35-34-38-46-54-62-76(4)5/h75-81,86H,9-74H2,1-8H3,(H,91,92)(H,93,94)/t78?,79?,80-,81-/m1/s1. The molecule has 4 unspecified atom stereocenters. The summed E-state index contributed by atoms with van der Waals surface area (Å²) in [6, 6.07) is 0. The van der Waals surface area contributed by atoms with E-state index in [-0.39, 0.29) is 25.7 Å². The molecule has 0 saturated heterocycles. The van der Waals surface area contributed by atoms with E-state index in [1.165, 1.54) is 244 Å². The van der Waals surface area contributed by atoms with Gasteiger partial charge in [0.15, 0.2) is 12.2 Å². The largest absolute Gasteiger partial charge is 0.472 e. The Kier molecular flexibility index (Phi) is 72.5. The van der Waals surface area contributed by atoms with Crippen molar-refractivity contribution in [2.45, 2.75) is 459 Å². The van der Waals surface area contributed by atoms with Crippen molar-refractivity contribution in [2.75, 3.05) is 39.6 Å². The van der Waals surface area contributed by atoms with Crippen molar-refractivity contribution in [2.24, 2.45) is 23.7 Å². The molecule has 0 saturated carbocycles. The van der Waals surface area contributed by atoms with Gasteiger partial charge in [0, 0.05) is 25.7 Å². The lowest BCUT2D eigenvalue weighted by Gasteiger charge is -2.21. The van der Waals surface area contributed by atoms with Gasteiger partial charge >= 0.3 is 39.5 Å². The molecule has 0 bridgehead atoms. The Morgan fingerprint density at radius 3 is 0.683 bits per heavy atom. The van der Waals surface area contributed by atoms with Crippen LogP contribution in [-0.2, 0) is 65.4 Å². The maximum Gasteiger partial charge on any atom is 0.472 e. The van der Waals surface area contributed by atoms with Crippen molar-refractivity contribution >= 4 is 39.5 Å². The zero-order valence-electron chi connectivity index (χ0n) is 68.7. The highest BCUT2D eigenvalue weighted by Gasteiger charge is 2.30. The van der Waals surface area contributed by atoms with Crippen molar-refractivity contribution in [3.8, 4) is 0 Å². The van der Waals surface area contributed by atoms with E-state index in [0.29, 0.717) is 31.6 Å². The highest BCUT2D eigenvalue weighted by atomic mass is 31.2. The highest BCUT2D eigenvalue weighted by Crippen LogP contribution is 2.45. The minimum atomic E-state index is -4.97. The van der Waals surface area contributed by atoms with Crippen molar-refractivity contribution in [3.63, 3.8) is 0 Å². The van der Waals surface area contributed by atoms with Crippen molar-refractivity contribution in [1.82, 2.24) is 0 Å². The maximum absolute atomic E-state index is 13.1. The fraction of sp³-hybridized carbons (Fsp3) is 0.953. The molecule has 0 aromatic heterocycles. The molecule has 0 heterocycles. The number of unbranched alkanes of at least 4 members (excludes halogenated alkanes) is 47. The van der Waals surface area contributed by atoms with Gasteiger partial charge in [-0.15, -0.1) is 0 Å². The highest BCUT2D eigenvalue weighted by molar-refractivity contribution is 7.47. The topological polar surface area (TPSA) is 237 Å². The van der Waals surface area contributed by atoms with Crippen LogP contribution in [-0.4, -0.2) is 96.7 Å². The molecule has 104 heavy (non-hydrogen) atoms. The van der Waals surface area contributed by atoms with E-state index in [2.05, 4.69) is 55.4 Å². The molecule has 0 aliphatic rings. The van der Waals surface area contributed by atoms with Gasteiger partial charge in [-0.3, -0.25) is 37.3 Å². The molecule has 3 N–H and O–H groups in total. The summed E-state index contributed by atoms with van der Waals surface area (Å²) < 4.78 is 68.8. The van der Waals surface area contributed by atoms with Crippen LogP contribution in [0, 0.1) is 23.7 Å². The summed E-state index contributed by atoms with van der Waals surface area (Å²) >= 11 is 0. The van der Waals surface area contributed by atoms with Gasteiger partial charge < -0.3 is 33.8 Å². The Labute approximate surface area is 638 Å². The molecule has 0 amide bonds. The minimum absolute atomic E-state index is 0.103. The number of hydrogen-bond acceptors (Lipinski definition) is 15. The van der Waals surface area contributed by atoms with Gasteiger partial charge in [0.25, 0.3) is 0 Å². The monoisotopic (exact) mass is 1520 g/mol. The second-order valence-corrected chi connectivity index (χ2v) is 35.2. The number of aliphatic hydroxyl groups excluding tert-OH is 1. The molecule has 0 aliphatic heterocycles. The van der Waals surface area contributed by atoms with E-state index in [9.17, 15) is 43.2 Å². The van der Waals surface area contributed by atoms with E-state index in [1.54, 1.807) is 0 Å². The van der Waals surface area contributed by atoms with Gasteiger partial charge in [-0.2, -0.15) is 0 Å². The summed E-state index contributed by atoms with van der Waals surface area (Å²) in [5.74, 6) is 1.00. The molecular weight excluding hydrogens is 1350 g/mol. The van der Waals surface area contributed by atoms with E-state index in [0.717, 1.165) is 108 Å². The Hall–Kier alpha value is -1.94. The van der Waals surface area contributed by atoms with E-state index >= 15 is 0 Å². The summed E-state index contributed by atoms with van der Waals surface area (Å²) in [5.41, 5.74) is 0. The van der Waals surface area contributed by atoms with Gasteiger partial charge in [-0.05, 0) is 49.4 Å². The molecular formula is C85H166O17P2. The molecule has 0 fully saturated rings. The number of phosphoric acid groups is 2. The van der Waals surface area contributed by atoms with Crippen LogP contribution in [0.25, 0.3) is 0 Å². The number of aliphatic hydroxyl groups is 1. The van der Waals surface area contributed by atoms with Crippen molar-refractivity contribution < 1.29 is 80.2 Å². The average Bonchev–Trinajstić information content (AvgIpc) is 0.906. The van der Waals surface area contributed by atoms with E-state index in [1.807, 2.05) is 0 Å². The molecule has 17 nitrogen and oxygen atoms in total. The first-order valence-corrected chi connectivity index (χ1v) is 46.7. The fourth-order valence-corrected chi connectivity index (χ4v) is 14.7. The van der Waals surface area contributed by atoms with Crippen LogP contribution in [0.15, 0.2) is 0 Å². The van der Waals surface area contributed by atoms with E-state index < -0.39 is 97.5 Å². The quantitative estimate of drug-likeness (QED) is 0.0222. The predicted molar refractivity (Wildman–Crippen MR) is 428 cm³/mol. The van der Waals surface area contributed by atoms with Crippen LogP contribution < -0.4 is 0 Å². The molecule has 6 atom stereocenters. The number of esters is 4. The van der Waals surface area contributed by atoms with Gasteiger partial charge in [-0.25, -0.2) is 9.13 Å². The SMILES string of the molecule is CCC(C)CCCCCCCCCCCCCCCCCCCCC(=O)O[C@H](COC(=O)CCCCCCCCCCCCCCCCCCCCC(C)C)COP(=O)(O)OCC(O)COP(=O)(O)OC[C@@H](COC(=O)CCCCCCCCCCC(C)C)OC(=O)CCCCCCCCCC(C)C. The normalized spacial score (nSPS) is 14.2. The zero-order chi connectivity index (χ0) is 76.7. The Balaban J connectivity index is 5.19. The predicted octanol–water partition coefficient (Wildman–Crippen LogP) is 25.6. The first-order valence-electron chi connectivity index (χ1n) is 43.7. The van der Waals surface area contributed by atoms with Crippen molar-refractivity contribution in [3.05, 3.63) is 0 Å². The number of rotatable bonds is 82. The minimum Gasteiger partial charge on any atom is -0.462 e. The Morgan fingerprint density at radius 2 is 0.462 bits per heavy atom. The molecule has 0 aliphatic carbocycles. The van der Waals surface area contributed by atoms with Gasteiger partial charge in [-0.1, -0.05) is 389 Å². The van der Waals surface area contributed by atoms with Crippen LogP contribution >= 0.6 is 15.6 Å². The summed E-state index contributed by atoms with van der Waals surface area (Å²) in [7, 11) is -9.92. The average molecular weight is 1520 g/mol. The first kappa shape index (κ1) is 102. The molecule has 0 aromatic rings. The second-order valence-electron chi connectivity index (χ2n) is 32.2. The van der Waals surface area contributed by atoms with E-state index in [4.69, 9.17) is 37.0 Å². The zero-order valence-corrected chi connectivity index (χ0v) is 70.5. The van der Waals surface area contributed by atoms with Gasteiger partial charge in [0.2, 0.25) is 0 Å². The molecule has 0 radical (unpaired) electrons. The lowest BCUT2D eigenvalue weighted by atomic mass is 9.99. The summed E-state index contributed by atoms with van der Waals surface area (Å²) in [6.45, 7) is 14.3. The maximum atomic E-state index is 13.1. The molecule has 0 spiro atoms. The Morgan fingerprint density at radius 1 is 0.269 bits per heavy atom. The number of phosphoric ester groups is 2. The third-order valence-corrected chi connectivity index (χ3v) is 22.1. The summed E-state index contributed by atoms with van der Waals surface area (Å²) in [4.78, 5) is 73.1. The van der Waals surface area contributed by atoms with Crippen LogP contribution in [0.2, 0.25) is 0 Å². The third-order valence-electron chi connectivity index (χ3n) is 20.2. The van der Waals surface area contributed by atoms with Gasteiger partial charge in [0.05, 0.1) is 26.4 Å². The molecule has 0 rings (SSSR count). The lowest BCUT2D eigenvalue weighted by molar-refractivity contribution is -0.161. The van der Waals surface area contributed by atoms with Crippen LogP contribution in [0.1, 0.15) is 441 Å². The number of carbonyl (C=O) groups is 4. The number of carbonyl (C=O) groups excluding carboxylic acids is 4. The second kappa shape index (κ2) is 73.8.